The van der Waals surface area contributed by atoms with Gasteiger partial charge in [0.15, 0.2) is 5.82 Å². The third-order valence-electron chi connectivity index (χ3n) is 8.66. The van der Waals surface area contributed by atoms with E-state index in [1.165, 1.54) is 116 Å². The molecular weight excluding hydrogens is 690 g/mol. The van der Waals surface area contributed by atoms with E-state index < -0.39 is 5.56 Å². The first-order chi connectivity index (χ1) is 23.2. The maximum atomic E-state index is 13.2. The molecule has 48 heavy (non-hydrogen) atoms. The number of hydrogen-bond donors (Lipinski definition) is 3. The predicted octanol–water partition coefficient (Wildman–Crippen LogP) is 12.0. The summed E-state index contributed by atoms with van der Waals surface area (Å²) < 4.78 is 2.43. The number of H-pyrrole nitrogens is 1. The summed E-state index contributed by atoms with van der Waals surface area (Å²) in [5.41, 5.74) is 0.834. The molecule has 0 saturated carbocycles. The summed E-state index contributed by atoms with van der Waals surface area (Å²) in [6.45, 7) is 2.26. The lowest BCUT2D eigenvalue weighted by molar-refractivity contribution is 0.377. The highest BCUT2D eigenvalue weighted by Gasteiger charge is 2.26. The molecule has 0 aliphatic carbocycles. The third kappa shape index (κ3) is 10.6. The summed E-state index contributed by atoms with van der Waals surface area (Å²) in [7, 11) is 0. The number of nitrogens with zero attached hydrogens (tertiary/aromatic N) is 3. The van der Waals surface area contributed by atoms with E-state index in [4.69, 9.17) is 46.4 Å². The fourth-order valence-electron chi connectivity index (χ4n) is 6.11. The van der Waals surface area contributed by atoms with Crippen molar-refractivity contribution in [2.24, 2.45) is 0 Å². The first kappa shape index (κ1) is 38.1. The molecule has 4 aromatic rings. The van der Waals surface area contributed by atoms with Crippen LogP contribution in [0.15, 0.2) is 59.4 Å². The number of rotatable bonds is 21. The number of alkyl halides is 1. The Kier molecular flexibility index (Phi) is 15.5. The number of unbranched alkanes of at least 4 members (excludes halogenated alkanes) is 13. The Morgan fingerprint density at radius 3 is 1.88 bits per heavy atom. The number of benzene rings is 2. The number of aromatic nitrogens is 3. The zero-order valence-electron chi connectivity index (χ0n) is 27.7. The van der Waals surface area contributed by atoms with Crippen molar-refractivity contribution >= 4 is 57.9 Å². The van der Waals surface area contributed by atoms with Crippen LogP contribution in [0.4, 0.5) is 11.5 Å². The molecule has 4 rings (SSSR count). The van der Waals surface area contributed by atoms with Gasteiger partial charge in [-0.1, -0.05) is 150 Å². The van der Waals surface area contributed by atoms with E-state index in [1.807, 2.05) is 18.2 Å². The summed E-state index contributed by atoms with van der Waals surface area (Å²) >= 11 is 25.6. The van der Waals surface area contributed by atoms with E-state index in [2.05, 4.69) is 12.0 Å². The van der Waals surface area contributed by atoms with Gasteiger partial charge in [0.1, 0.15) is 5.69 Å². The van der Waals surface area contributed by atoms with Crippen LogP contribution in [0.3, 0.4) is 0 Å². The number of aromatic amines is 1. The second-order valence-corrected chi connectivity index (χ2v) is 14.4. The maximum Gasteiger partial charge on any atom is 0.273 e. The number of hydrogen-bond acceptors (Lipinski definition) is 4. The first-order valence-corrected chi connectivity index (χ1v) is 18.9. The molecule has 262 valence electrons. The average Bonchev–Trinajstić information content (AvgIpc) is 3.55. The van der Waals surface area contributed by atoms with Crippen molar-refractivity contribution in [1.29, 1.82) is 0 Å². The monoisotopic (exact) mass is 736 g/mol. The van der Waals surface area contributed by atoms with Crippen LogP contribution in [-0.4, -0.2) is 30.0 Å². The number of nitrogens with one attached hydrogen (secondary N) is 1. The Morgan fingerprint density at radius 1 is 0.771 bits per heavy atom. The Hall–Kier alpha value is -2.71. The van der Waals surface area contributed by atoms with Crippen molar-refractivity contribution in [3.05, 3.63) is 85.6 Å². The highest BCUT2D eigenvalue weighted by molar-refractivity contribution is 6.40. The molecule has 1 atom stereocenters. The van der Waals surface area contributed by atoms with Gasteiger partial charge in [-0.25, -0.2) is 9.69 Å². The molecule has 2 aromatic carbocycles. The van der Waals surface area contributed by atoms with Crippen LogP contribution in [0, 0.1) is 0 Å². The molecule has 0 fully saturated rings. The van der Waals surface area contributed by atoms with Gasteiger partial charge >= 0.3 is 0 Å². The predicted molar refractivity (Wildman–Crippen MR) is 201 cm³/mol. The van der Waals surface area contributed by atoms with Gasteiger partial charge in [0.25, 0.3) is 5.56 Å². The highest BCUT2D eigenvalue weighted by Crippen LogP contribution is 2.37. The SMILES string of the molecule is CCCCCCCCCCCCCCCCC(Cl)Cc1cc(O)n(N(c2ccccc2)c2cc(=O)n(-c3c(Cl)cc(Cl)cc3Cl)[nH]2)c1O. The van der Waals surface area contributed by atoms with Gasteiger partial charge in [0.05, 0.1) is 15.7 Å². The molecule has 1 unspecified atom stereocenters. The summed E-state index contributed by atoms with van der Waals surface area (Å²) in [6.07, 6.45) is 19.4. The molecule has 0 spiro atoms. The van der Waals surface area contributed by atoms with E-state index in [1.54, 1.807) is 12.1 Å². The minimum atomic E-state index is -0.461. The van der Waals surface area contributed by atoms with Gasteiger partial charge < -0.3 is 10.2 Å². The lowest BCUT2D eigenvalue weighted by Crippen LogP contribution is -2.24. The number of halogens is 4. The van der Waals surface area contributed by atoms with Crippen molar-refractivity contribution in [2.45, 2.75) is 115 Å². The zero-order valence-corrected chi connectivity index (χ0v) is 30.8. The molecule has 0 amide bonds. The summed E-state index contributed by atoms with van der Waals surface area (Å²) in [4.78, 5) is 13.2. The lowest BCUT2D eigenvalue weighted by atomic mass is 10.0. The Morgan fingerprint density at radius 2 is 1.31 bits per heavy atom. The zero-order chi connectivity index (χ0) is 34.5. The number of aromatic hydroxyl groups is 2. The van der Waals surface area contributed by atoms with Gasteiger partial charge in [0.2, 0.25) is 11.8 Å². The normalized spacial score (nSPS) is 12.1. The van der Waals surface area contributed by atoms with Gasteiger partial charge in [-0.2, -0.15) is 4.68 Å². The lowest BCUT2D eigenvalue weighted by Gasteiger charge is -2.25. The largest absolute Gasteiger partial charge is 0.493 e. The smallest absolute Gasteiger partial charge is 0.273 e. The van der Waals surface area contributed by atoms with Crippen molar-refractivity contribution < 1.29 is 10.2 Å². The number of para-hydroxylation sites is 1. The van der Waals surface area contributed by atoms with Crippen LogP contribution >= 0.6 is 46.4 Å². The van der Waals surface area contributed by atoms with Crippen LogP contribution in [0.5, 0.6) is 11.8 Å². The Bertz CT molecular complexity index is 1600. The second kappa shape index (κ2) is 19.5. The standard InChI is InChI=1S/C37H48Cl4N4O3/c1-2-3-4-5-6-7-8-9-10-11-12-13-14-16-19-28(38)22-27-23-35(47)45(37(27)48)44(30-20-17-15-18-21-30)33-26-34(46)43(42-33)36-31(40)24-29(39)25-32(36)41/h15,17-18,20-21,23-26,28,42,47-48H,2-14,16,19,22H2,1H3. The van der Waals surface area contributed by atoms with Crippen LogP contribution in [0.1, 0.15) is 109 Å². The molecule has 0 bridgehead atoms. The first-order valence-electron chi connectivity index (χ1n) is 17.3. The maximum absolute atomic E-state index is 13.2. The van der Waals surface area contributed by atoms with Crippen molar-refractivity contribution in [1.82, 2.24) is 14.5 Å². The fourth-order valence-corrected chi connectivity index (χ4v) is 7.42. The second-order valence-electron chi connectivity index (χ2n) is 12.5. The molecule has 3 N–H and O–H groups in total. The van der Waals surface area contributed by atoms with E-state index in [9.17, 15) is 15.0 Å². The van der Waals surface area contributed by atoms with E-state index in [-0.39, 0.29) is 38.7 Å². The minimum Gasteiger partial charge on any atom is -0.493 e. The Labute approximate surface area is 304 Å². The molecule has 0 radical (unpaired) electrons. The quantitative estimate of drug-likeness (QED) is 0.0587. The minimum absolute atomic E-state index is 0.176. The molecule has 2 aromatic heterocycles. The fraction of sp³-hybridized carbons (Fsp3) is 0.486. The molecule has 11 heteroatoms. The summed E-state index contributed by atoms with van der Waals surface area (Å²) in [5.74, 6) is -0.159. The molecule has 0 aliphatic rings. The van der Waals surface area contributed by atoms with Gasteiger partial charge in [-0.05, 0) is 37.1 Å². The number of anilines is 2. The summed E-state index contributed by atoms with van der Waals surface area (Å²) in [5, 5.41) is 27.5. The molecule has 7 nitrogen and oxygen atoms in total. The van der Waals surface area contributed by atoms with Gasteiger partial charge in [-0.15, -0.1) is 11.6 Å². The Balaban J connectivity index is 1.35. The topological polar surface area (TPSA) is 86.4 Å². The van der Waals surface area contributed by atoms with Crippen molar-refractivity contribution in [2.75, 3.05) is 5.01 Å². The van der Waals surface area contributed by atoms with E-state index in [0.29, 0.717) is 22.7 Å². The average molecular weight is 739 g/mol. The van der Waals surface area contributed by atoms with E-state index >= 15 is 0 Å². The van der Waals surface area contributed by atoms with Crippen LogP contribution in [0.2, 0.25) is 15.1 Å². The van der Waals surface area contributed by atoms with Crippen LogP contribution < -0.4 is 10.6 Å². The van der Waals surface area contributed by atoms with Crippen LogP contribution in [-0.2, 0) is 6.42 Å². The van der Waals surface area contributed by atoms with Gasteiger partial charge in [-0.3, -0.25) is 9.89 Å². The highest BCUT2D eigenvalue weighted by atomic mass is 35.5. The van der Waals surface area contributed by atoms with Crippen molar-refractivity contribution in [3.63, 3.8) is 0 Å². The third-order valence-corrected chi connectivity index (χ3v) is 9.83. The van der Waals surface area contributed by atoms with Crippen molar-refractivity contribution in [3.8, 4) is 17.4 Å². The molecule has 0 aliphatic heterocycles. The molecule has 0 saturated heterocycles. The molecule has 2 heterocycles. The van der Waals surface area contributed by atoms with E-state index in [0.717, 1.165) is 19.3 Å². The molecular formula is C37H48Cl4N4O3. The summed E-state index contributed by atoms with van der Waals surface area (Å²) in [6, 6.07) is 14.9. The van der Waals surface area contributed by atoms with Gasteiger partial charge in [0, 0.05) is 28.1 Å². The van der Waals surface area contributed by atoms with Crippen LogP contribution in [0.25, 0.3) is 5.69 Å².